The summed E-state index contributed by atoms with van der Waals surface area (Å²) in [6.45, 7) is 1.47. The van der Waals surface area contributed by atoms with Crippen LogP contribution in [-0.4, -0.2) is 52.7 Å². The van der Waals surface area contributed by atoms with Crippen molar-refractivity contribution in [2.75, 3.05) is 13.7 Å². The lowest BCUT2D eigenvalue weighted by Gasteiger charge is -2.36. The number of amides is 1. The SMILES string of the molecule is CN[C@H](CO)C(=O)[C@H](C)CC=CC(=O)NCc1cccc2c1C(=O)OC21c2ccc(O)cc2Oc2cc(O)ccc21. The van der Waals surface area contributed by atoms with Crippen LogP contribution in [0.2, 0.25) is 0 Å². The third-order valence-electron chi connectivity index (χ3n) is 7.46. The van der Waals surface area contributed by atoms with E-state index in [-0.39, 0.29) is 47.9 Å². The highest BCUT2D eigenvalue weighted by Crippen LogP contribution is 2.57. The van der Waals surface area contributed by atoms with Gasteiger partial charge in [-0.05, 0) is 49.4 Å². The Hall–Kier alpha value is -4.67. The van der Waals surface area contributed by atoms with E-state index in [0.29, 0.717) is 34.2 Å². The topological polar surface area (TPSA) is 154 Å². The van der Waals surface area contributed by atoms with Gasteiger partial charge in [-0.15, -0.1) is 0 Å². The van der Waals surface area contributed by atoms with Gasteiger partial charge in [0.25, 0.3) is 0 Å². The van der Waals surface area contributed by atoms with E-state index in [9.17, 15) is 29.7 Å². The van der Waals surface area contributed by atoms with Crippen LogP contribution in [-0.2, 0) is 26.5 Å². The van der Waals surface area contributed by atoms with Crippen LogP contribution < -0.4 is 15.4 Å². The summed E-state index contributed by atoms with van der Waals surface area (Å²) < 4.78 is 12.1. The summed E-state index contributed by atoms with van der Waals surface area (Å²) in [6.07, 6.45) is 3.26. The number of fused-ring (bicyclic) bond motifs is 6. The fraction of sp³-hybridized carbons (Fsp3) is 0.258. The smallest absolute Gasteiger partial charge is 0.340 e. The number of phenolic OH excluding ortho intramolecular Hbond substituents is 2. The Balaban J connectivity index is 1.41. The van der Waals surface area contributed by atoms with E-state index in [1.807, 2.05) is 0 Å². The molecule has 1 amide bonds. The number of aromatic hydroxyl groups is 2. The minimum Gasteiger partial charge on any atom is -0.508 e. The van der Waals surface area contributed by atoms with Crippen molar-refractivity contribution in [1.82, 2.24) is 10.6 Å². The third-order valence-corrected chi connectivity index (χ3v) is 7.46. The van der Waals surface area contributed by atoms with E-state index >= 15 is 0 Å². The van der Waals surface area contributed by atoms with Gasteiger partial charge in [-0.3, -0.25) is 9.59 Å². The van der Waals surface area contributed by atoms with Crippen LogP contribution in [0.25, 0.3) is 0 Å². The molecule has 3 aromatic carbocycles. The van der Waals surface area contributed by atoms with Crippen molar-refractivity contribution in [1.29, 1.82) is 0 Å². The van der Waals surface area contributed by atoms with Gasteiger partial charge < -0.3 is 35.4 Å². The Morgan fingerprint density at radius 3 is 2.27 bits per heavy atom. The molecule has 5 rings (SSSR count). The molecule has 0 fully saturated rings. The van der Waals surface area contributed by atoms with Crippen LogP contribution in [0.1, 0.15) is 46.0 Å². The van der Waals surface area contributed by atoms with E-state index < -0.39 is 23.5 Å². The molecule has 3 aromatic rings. The van der Waals surface area contributed by atoms with Crippen molar-refractivity contribution < 1.29 is 39.2 Å². The molecule has 0 radical (unpaired) electrons. The Morgan fingerprint density at radius 1 is 1.00 bits per heavy atom. The first-order chi connectivity index (χ1) is 19.7. The van der Waals surface area contributed by atoms with Crippen LogP contribution >= 0.6 is 0 Å². The highest BCUT2D eigenvalue weighted by atomic mass is 16.6. The van der Waals surface area contributed by atoms with Gasteiger partial charge in [0.1, 0.15) is 23.0 Å². The molecule has 10 heteroatoms. The molecule has 0 aromatic heterocycles. The largest absolute Gasteiger partial charge is 0.508 e. The second-order valence-electron chi connectivity index (χ2n) is 10.1. The van der Waals surface area contributed by atoms with Crippen LogP contribution in [0.4, 0.5) is 0 Å². The molecule has 212 valence electrons. The predicted octanol–water partition coefficient (Wildman–Crippen LogP) is 3.01. The van der Waals surface area contributed by atoms with Crippen LogP contribution in [0.15, 0.2) is 66.7 Å². The molecule has 41 heavy (non-hydrogen) atoms. The zero-order valence-electron chi connectivity index (χ0n) is 22.5. The summed E-state index contributed by atoms with van der Waals surface area (Å²) in [7, 11) is 1.60. The van der Waals surface area contributed by atoms with Gasteiger partial charge in [0, 0.05) is 41.3 Å². The number of ketones is 1. The molecular formula is C31H30N2O8. The average molecular weight is 559 g/mol. The first-order valence-corrected chi connectivity index (χ1v) is 13.2. The van der Waals surface area contributed by atoms with E-state index in [1.165, 1.54) is 30.3 Å². The Morgan fingerprint density at radius 2 is 1.66 bits per heavy atom. The zero-order valence-corrected chi connectivity index (χ0v) is 22.5. The van der Waals surface area contributed by atoms with Gasteiger partial charge in [-0.25, -0.2) is 4.79 Å². The van der Waals surface area contributed by atoms with Crippen molar-refractivity contribution >= 4 is 17.7 Å². The maximum absolute atomic E-state index is 13.4. The number of aliphatic hydroxyl groups is 1. The van der Waals surface area contributed by atoms with Gasteiger partial charge in [0.05, 0.1) is 18.2 Å². The summed E-state index contributed by atoms with van der Waals surface area (Å²) in [4.78, 5) is 38.3. The maximum atomic E-state index is 13.4. The molecule has 5 N–H and O–H groups in total. The number of carbonyl (C=O) groups is 3. The summed E-state index contributed by atoms with van der Waals surface area (Å²) >= 11 is 0. The number of benzene rings is 3. The minimum absolute atomic E-state index is 0.0365. The lowest BCUT2D eigenvalue weighted by atomic mass is 9.77. The number of Topliss-reactive ketones (excluding diaryl/α,β-unsaturated/α-hetero) is 1. The quantitative estimate of drug-likeness (QED) is 0.197. The highest BCUT2D eigenvalue weighted by molar-refractivity contribution is 5.99. The lowest BCUT2D eigenvalue weighted by molar-refractivity contribution is -0.125. The first kappa shape index (κ1) is 27.9. The number of rotatable bonds is 9. The molecule has 2 aliphatic heterocycles. The molecule has 0 saturated carbocycles. The number of hydrogen-bond acceptors (Lipinski definition) is 9. The van der Waals surface area contributed by atoms with Gasteiger partial charge in [0.2, 0.25) is 5.91 Å². The molecule has 0 saturated heterocycles. The number of likely N-dealkylation sites (N-methyl/N-ethyl adjacent to an activating group) is 1. The molecule has 1 spiro atoms. The number of aliphatic hydroxyl groups excluding tert-OH is 1. The van der Waals surface area contributed by atoms with Crippen LogP contribution in [0.5, 0.6) is 23.0 Å². The number of ether oxygens (including phenoxy) is 2. The van der Waals surface area contributed by atoms with Crippen molar-refractivity contribution in [3.63, 3.8) is 0 Å². The number of allylic oxidation sites excluding steroid dienone is 1. The molecule has 0 unspecified atom stereocenters. The maximum Gasteiger partial charge on any atom is 0.340 e. The molecule has 0 aliphatic carbocycles. The van der Waals surface area contributed by atoms with Gasteiger partial charge in [-0.1, -0.05) is 31.2 Å². The second kappa shape index (κ2) is 11.1. The van der Waals surface area contributed by atoms with Crippen molar-refractivity contribution in [3.05, 3.63) is 94.6 Å². The Kier molecular flexibility index (Phi) is 7.53. The van der Waals surface area contributed by atoms with E-state index in [4.69, 9.17) is 9.47 Å². The van der Waals surface area contributed by atoms with Gasteiger partial charge >= 0.3 is 5.97 Å². The molecule has 0 bridgehead atoms. The van der Waals surface area contributed by atoms with Crippen LogP contribution in [0.3, 0.4) is 0 Å². The molecular weight excluding hydrogens is 528 g/mol. The fourth-order valence-corrected chi connectivity index (χ4v) is 5.37. The van der Waals surface area contributed by atoms with Gasteiger partial charge in [-0.2, -0.15) is 0 Å². The van der Waals surface area contributed by atoms with E-state index in [0.717, 1.165) is 0 Å². The molecule has 2 atom stereocenters. The fourth-order valence-electron chi connectivity index (χ4n) is 5.37. The average Bonchev–Trinajstić information content (AvgIpc) is 3.25. The summed E-state index contributed by atoms with van der Waals surface area (Å²) in [5, 5.41) is 35.0. The number of carbonyl (C=O) groups excluding carboxylic acids is 3. The van der Waals surface area contributed by atoms with Crippen LogP contribution in [0, 0.1) is 5.92 Å². The number of phenols is 2. The van der Waals surface area contributed by atoms with E-state index in [2.05, 4.69) is 10.6 Å². The standard InChI is InChI=1S/C31H30N2O8/c1-17(29(38)24(16-34)32-2)5-3-8-27(37)33-15-18-6-4-7-23-28(18)30(39)41-31(23)21-11-9-19(35)13-25(21)40-26-14-20(36)10-12-22(26)31/h3-4,6-14,17,24,32,34-36H,5,15-16H2,1-2H3,(H,33,37)/t17-,24-/m1/s1. The van der Waals surface area contributed by atoms with Crippen molar-refractivity contribution in [3.8, 4) is 23.0 Å². The third kappa shape index (κ3) is 4.92. The summed E-state index contributed by atoms with van der Waals surface area (Å²) in [5.74, 6) is -1.04. The van der Waals surface area contributed by atoms with E-state index in [1.54, 1.807) is 50.4 Å². The minimum atomic E-state index is -1.39. The first-order valence-electron chi connectivity index (χ1n) is 13.2. The van der Waals surface area contributed by atoms with Crippen molar-refractivity contribution in [2.45, 2.75) is 31.5 Å². The van der Waals surface area contributed by atoms with Gasteiger partial charge in [0.15, 0.2) is 11.4 Å². The highest BCUT2D eigenvalue weighted by Gasteiger charge is 2.54. The predicted molar refractivity (Wildman–Crippen MR) is 148 cm³/mol. The zero-order chi connectivity index (χ0) is 29.3. The second-order valence-corrected chi connectivity index (χ2v) is 10.1. The monoisotopic (exact) mass is 558 g/mol. The Labute approximate surface area is 236 Å². The Bertz CT molecular complexity index is 1510. The molecule has 2 heterocycles. The lowest BCUT2D eigenvalue weighted by Crippen LogP contribution is -2.40. The molecule has 2 aliphatic rings. The summed E-state index contributed by atoms with van der Waals surface area (Å²) in [6, 6.07) is 13.7. The summed E-state index contributed by atoms with van der Waals surface area (Å²) in [5.41, 5.74) is 1.02. The number of nitrogens with one attached hydrogen (secondary N) is 2. The molecule has 10 nitrogen and oxygen atoms in total. The number of hydrogen-bond donors (Lipinski definition) is 5. The van der Waals surface area contributed by atoms with Crippen molar-refractivity contribution in [2.24, 2.45) is 5.92 Å². The normalized spacial score (nSPS) is 15.8. The number of esters is 1.